The smallest absolute Gasteiger partial charge is 0.227 e. The molecule has 1 amide bonds. The number of pyridine rings is 1. The summed E-state index contributed by atoms with van der Waals surface area (Å²) in [6.45, 7) is 3.25. The molecule has 0 aromatic carbocycles. The van der Waals surface area contributed by atoms with E-state index in [1.54, 1.807) is 0 Å². The predicted molar refractivity (Wildman–Crippen MR) is 88.9 cm³/mol. The second-order valence-corrected chi connectivity index (χ2v) is 6.89. The van der Waals surface area contributed by atoms with Gasteiger partial charge in [0.2, 0.25) is 5.91 Å². The zero-order valence-electron chi connectivity index (χ0n) is 14.1. The molecule has 5 heteroatoms. The Morgan fingerprint density at radius 1 is 1.48 bits per heavy atom. The number of aromatic nitrogens is 1. The van der Waals surface area contributed by atoms with Gasteiger partial charge >= 0.3 is 0 Å². The Morgan fingerprint density at radius 3 is 3.04 bits per heavy atom. The van der Waals surface area contributed by atoms with Crippen LogP contribution in [0.4, 0.5) is 0 Å². The molecule has 3 heterocycles. The molecule has 2 aliphatic rings. The second-order valence-electron chi connectivity index (χ2n) is 6.89. The topological polar surface area (TPSA) is 45.7 Å². The molecule has 0 saturated carbocycles. The van der Waals surface area contributed by atoms with Crippen LogP contribution in [0.25, 0.3) is 0 Å². The third kappa shape index (κ3) is 3.72. The maximum atomic E-state index is 12.6. The highest BCUT2D eigenvalue weighted by molar-refractivity contribution is 5.78. The molecule has 2 fully saturated rings. The van der Waals surface area contributed by atoms with Gasteiger partial charge in [0.25, 0.3) is 0 Å². The van der Waals surface area contributed by atoms with E-state index in [1.165, 1.54) is 5.56 Å². The lowest BCUT2D eigenvalue weighted by atomic mass is 9.93. The first-order chi connectivity index (χ1) is 11.2. The maximum Gasteiger partial charge on any atom is 0.227 e. The highest BCUT2D eigenvalue weighted by Gasteiger charge is 2.35. The fourth-order valence-electron chi connectivity index (χ4n) is 3.98. The lowest BCUT2D eigenvalue weighted by Crippen LogP contribution is -2.40. The van der Waals surface area contributed by atoms with E-state index in [9.17, 15) is 4.79 Å². The van der Waals surface area contributed by atoms with Gasteiger partial charge in [-0.1, -0.05) is 6.07 Å². The zero-order chi connectivity index (χ0) is 16.2. The van der Waals surface area contributed by atoms with E-state index in [2.05, 4.69) is 23.0 Å². The number of rotatable bonds is 4. The number of hydrogen-bond acceptors (Lipinski definition) is 4. The fourth-order valence-corrected chi connectivity index (χ4v) is 3.98. The quantitative estimate of drug-likeness (QED) is 0.852. The van der Waals surface area contributed by atoms with Crippen LogP contribution in [0.2, 0.25) is 0 Å². The Morgan fingerprint density at radius 2 is 2.35 bits per heavy atom. The Balaban J connectivity index is 1.64. The Kier molecular flexibility index (Phi) is 5.28. The van der Waals surface area contributed by atoms with Gasteiger partial charge in [-0.15, -0.1) is 0 Å². The third-order valence-corrected chi connectivity index (χ3v) is 5.19. The van der Waals surface area contributed by atoms with Crippen molar-refractivity contribution in [1.29, 1.82) is 0 Å². The van der Waals surface area contributed by atoms with Gasteiger partial charge in [0.05, 0.1) is 12.5 Å². The molecule has 0 bridgehead atoms. The van der Waals surface area contributed by atoms with Crippen LogP contribution in [0.3, 0.4) is 0 Å². The molecule has 5 nitrogen and oxygen atoms in total. The second kappa shape index (κ2) is 7.41. The minimum atomic E-state index is 0.0460. The Hall–Kier alpha value is -1.46. The van der Waals surface area contributed by atoms with E-state index in [0.29, 0.717) is 18.6 Å². The highest BCUT2D eigenvalue weighted by Crippen LogP contribution is 2.36. The number of amides is 1. The van der Waals surface area contributed by atoms with Crippen LogP contribution >= 0.6 is 0 Å². The molecule has 1 aromatic rings. The monoisotopic (exact) mass is 317 g/mol. The van der Waals surface area contributed by atoms with Gasteiger partial charge in [0.1, 0.15) is 0 Å². The normalized spacial score (nSPS) is 28.7. The minimum absolute atomic E-state index is 0.0460. The van der Waals surface area contributed by atoms with Crippen LogP contribution in [-0.2, 0) is 9.53 Å². The van der Waals surface area contributed by atoms with Crippen LogP contribution in [-0.4, -0.2) is 61.1 Å². The summed E-state index contributed by atoms with van der Waals surface area (Å²) in [6.07, 6.45) is 6.84. The van der Waals surface area contributed by atoms with Crippen LogP contribution in [0.15, 0.2) is 24.5 Å². The molecule has 23 heavy (non-hydrogen) atoms. The molecular weight excluding hydrogens is 290 g/mol. The van der Waals surface area contributed by atoms with Gasteiger partial charge in [-0.05, 0) is 50.4 Å². The van der Waals surface area contributed by atoms with Crippen molar-refractivity contribution in [2.45, 2.75) is 25.3 Å². The lowest BCUT2D eigenvalue weighted by molar-refractivity contribution is -0.139. The van der Waals surface area contributed by atoms with Crippen molar-refractivity contribution in [1.82, 2.24) is 14.8 Å². The van der Waals surface area contributed by atoms with E-state index >= 15 is 0 Å². The molecule has 0 N–H and O–H groups in total. The number of likely N-dealkylation sites (tertiary alicyclic amines) is 1. The van der Waals surface area contributed by atoms with Gasteiger partial charge in [-0.25, -0.2) is 0 Å². The first-order valence-corrected chi connectivity index (χ1v) is 8.59. The summed E-state index contributed by atoms with van der Waals surface area (Å²) < 4.78 is 5.47. The van der Waals surface area contributed by atoms with Crippen molar-refractivity contribution in [3.63, 3.8) is 0 Å². The van der Waals surface area contributed by atoms with Gasteiger partial charge in [-0.2, -0.15) is 0 Å². The molecule has 0 aliphatic carbocycles. The SMILES string of the molecule is CN(C[C@@H]1CCN(C)[C@H]1c1cccnc1)C(=O)C1CCCOC1. The summed E-state index contributed by atoms with van der Waals surface area (Å²) in [5.41, 5.74) is 1.25. The molecule has 0 spiro atoms. The molecule has 3 rings (SSSR count). The van der Waals surface area contributed by atoms with Gasteiger partial charge < -0.3 is 9.64 Å². The van der Waals surface area contributed by atoms with Gasteiger partial charge in [0, 0.05) is 38.6 Å². The molecule has 0 radical (unpaired) electrons. The number of ether oxygens (including phenoxy) is 1. The van der Waals surface area contributed by atoms with Crippen molar-refractivity contribution < 1.29 is 9.53 Å². The number of carbonyl (C=O) groups is 1. The fraction of sp³-hybridized carbons (Fsp3) is 0.667. The van der Waals surface area contributed by atoms with E-state index in [1.807, 2.05) is 30.4 Å². The zero-order valence-corrected chi connectivity index (χ0v) is 14.1. The standard InChI is InChI=1S/C18H27N3O2/c1-20-9-7-15(17(20)14-5-3-8-19-11-14)12-21(2)18(22)16-6-4-10-23-13-16/h3,5,8,11,15-17H,4,6-7,9-10,12-13H2,1-2H3/t15-,16?,17-/m0/s1. The van der Waals surface area contributed by atoms with Crippen LogP contribution in [0.5, 0.6) is 0 Å². The van der Waals surface area contributed by atoms with Gasteiger partial charge in [0.15, 0.2) is 0 Å². The summed E-state index contributed by atoms with van der Waals surface area (Å²) in [4.78, 5) is 21.2. The largest absolute Gasteiger partial charge is 0.381 e. The van der Waals surface area contributed by atoms with Gasteiger partial charge in [-0.3, -0.25) is 14.7 Å². The summed E-state index contributed by atoms with van der Waals surface area (Å²) in [7, 11) is 4.10. The van der Waals surface area contributed by atoms with E-state index in [-0.39, 0.29) is 11.8 Å². The number of hydrogen-bond donors (Lipinski definition) is 0. The highest BCUT2D eigenvalue weighted by atomic mass is 16.5. The molecule has 2 aliphatic heterocycles. The average Bonchev–Trinajstić information content (AvgIpc) is 2.96. The van der Waals surface area contributed by atoms with Crippen molar-refractivity contribution in [2.24, 2.45) is 11.8 Å². The van der Waals surface area contributed by atoms with Crippen molar-refractivity contribution in [3.05, 3.63) is 30.1 Å². The molecule has 1 unspecified atom stereocenters. The molecular formula is C18H27N3O2. The summed E-state index contributed by atoms with van der Waals surface area (Å²) in [5, 5.41) is 0. The minimum Gasteiger partial charge on any atom is -0.381 e. The van der Waals surface area contributed by atoms with Crippen molar-refractivity contribution in [3.8, 4) is 0 Å². The average molecular weight is 317 g/mol. The number of carbonyl (C=O) groups excluding carboxylic acids is 1. The van der Waals surface area contributed by atoms with E-state index in [4.69, 9.17) is 4.74 Å². The van der Waals surface area contributed by atoms with Crippen molar-refractivity contribution in [2.75, 3.05) is 40.4 Å². The van der Waals surface area contributed by atoms with Crippen molar-refractivity contribution >= 4 is 5.91 Å². The molecule has 126 valence electrons. The molecule has 3 atom stereocenters. The van der Waals surface area contributed by atoms with Crippen LogP contribution < -0.4 is 0 Å². The first-order valence-electron chi connectivity index (χ1n) is 8.59. The third-order valence-electron chi connectivity index (χ3n) is 5.19. The lowest BCUT2D eigenvalue weighted by Gasteiger charge is -2.31. The first kappa shape index (κ1) is 16.4. The Bertz CT molecular complexity index is 516. The maximum absolute atomic E-state index is 12.6. The molecule has 1 aromatic heterocycles. The summed E-state index contributed by atoms with van der Waals surface area (Å²) in [5.74, 6) is 0.747. The predicted octanol–water partition coefficient (Wildman–Crippen LogP) is 1.96. The molecule has 2 saturated heterocycles. The van der Waals surface area contributed by atoms with E-state index in [0.717, 1.165) is 39.0 Å². The van der Waals surface area contributed by atoms with E-state index < -0.39 is 0 Å². The van der Waals surface area contributed by atoms with Crippen LogP contribution in [0, 0.1) is 11.8 Å². The summed E-state index contributed by atoms with van der Waals surface area (Å²) >= 11 is 0. The Labute approximate surface area is 138 Å². The van der Waals surface area contributed by atoms with Crippen LogP contribution in [0.1, 0.15) is 30.9 Å². The summed E-state index contributed by atoms with van der Waals surface area (Å²) in [6, 6.07) is 4.48. The number of nitrogens with zero attached hydrogens (tertiary/aromatic N) is 3.